The molecule has 0 spiro atoms. The zero-order chi connectivity index (χ0) is 18.0. The van der Waals surface area contributed by atoms with E-state index in [2.05, 4.69) is 5.16 Å². The molecule has 0 aliphatic carbocycles. The van der Waals surface area contributed by atoms with Gasteiger partial charge in [-0.1, -0.05) is 35.5 Å². The van der Waals surface area contributed by atoms with Gasteiger partial charge < -0.3 is 9.09 Å². The van der Waals surface area contributed by atoms with E-state index in [9.17, 15) is 13.2 Å². The molecular weight excluding hydrogens is 342 g/mol. The monoisotopic (exact) mass is 359 g/mol. The summed E-state index contributed by atoms with van der Waals surface area (Å²) in [5, 5.41) is 3.96. The van der Waals surface area contributed by atoms with Crippen molar-refractivity contribution in [3.05, 3.63) is 70.8 Å². The van der Waals surface area contributed by atoms with E-state index >= 15 is 0 Å². The van der Waals surface area contributed by atoms with Crippen molar-refractivity contribution in [2.24, 2.45) is 0 Å². The van der Waals surface area contributed by atoms with Crippen molar-refractivity contribution in [1.29, 1.82) is 0 Å². The first-order valence-electron chi connectivity index (χ1n) is 7.52. The van der Waals surface area contributed by atoms with E-state index in [0.717, 1.165) is 9.87 Å². The summed E-state index contributed by atoms with van der Waals surface area (Å²) >= 11 is 0. The van der Waals surface area contributed by atoms with Gasteiger partial charge in [0.15, 0.2) is 5.76 Å². The molecule has 25 heavy (non-hydrogen) atoms. The van der Waals surface area contributed by atoms with Crippen LogP contribution in [0, 0.1) is 0 Å². The average molecular weight is 359 g/mol. The average Bonchev–Trinajstić information content (AvgIpc) is 3.06. The SMILES string of the molecule is CN(C)S(=O)(=O)c1ccc(=O)n(Cc2cc(-c3ccccc3)on2)c1. The Labute approximate surface area is 145 Å². The molecule has 0 radical (unpaired) electrons. The molecule has 0 atom stereocenters. The molecule has 8 heteroatoms. The highest BCUT2D eigenvalue weighted by molar-refractivity contribution is 7.89. The van der Waals surface area contributed by atoms with Crippen molar-refractivity contribution in [2.75, 3.05) is 14.1 Å². The van der Waals surface area contributed by atoms with Crippen molar-refractivity contribution in [3.63, 3.8) is 0 Å². The van der Waals surface area contributed by atoms with Crippen LogP contribution in [-0.2, 0) is 16.6 Å². The van der Waals surface area contributed by atoms with Crippen LogP contribution in [0.1, 0.15) is 5.69 Å². The molecule has 2 aromatic heterocycles. The minimum Gasteiger partial charge on any atom is -0.356 e. The summed E-state index contributed by atoms with van der Waals surface area (Å²) in [5.74, 6) is 0.584. The Kier molecular flexibility index (Phi) is 4.56. The second kappa shape index (κ2) is 6.66. The second-order valence-electron chi connectivity index (χ2n) is 5.67. The van der Waals surface area contributed by atoms with E-state index in [-0.39, 0.29) is 17.0 Å². The predicted molar refractivity (Wildman–Crippen MR) is 92.6 cm³/mol. The quantitative estimate of drug-likeness (QED) is 0.693. The summed E-state index contributed by atoms with van der Waals surface area (Å²) < 4.78 is 32.1. The Morgan fingerprint density at radius 2 is 1.84 bits per heavy atom. The Bertz CT molecular complexity index is 1040. The van der Waals surface area contributed by atoms with E-state index < -0.39 is 10.0 Å². The van der Waals surface area contributed by atoms with Gasteiger partial charge in [0.05, 0.1) is 11.4 Å². The third-order valence-corrected chi connectivity index (χ3v) is 5.48. The smallest absolute Gasteiger partial charge is 0.250 e. The molecule has 1 aromatic carbocycles. The molecular formula is C17H17N3O4S. The number of benzene rings is 1. The van der Waals surface area contributed by atoms with Gasteiger partial charge >= 0.3 is 0 Å². The van der Waals surface area contributed by atoms with Gasteiger partial charge in [-0.15, -0.1) is 0 Å². The van der Waals surface area contributed by atoms with Crippen LogP contribution < -0.4 is 5.56 Å². The highest BCUT2D eigenvalue weighted by atomic mass is 32.2. The van der Waals surface area contributed by atoms with Crippen LogP contribution >= 0.6 is 0 Å². The third kappa shape index (κ3) is 3.54. The van der Waals surface area contributed by atoms with Gasteiger partial charge in [-0.3, -0.25) is 4.79 Å². The van der Waals surface area contributed by atoms with Crippen molar-refractivity contribution < 1.29 is 12.9 Å². The van der Waals surface area contributed by atoms with Crippen molar-refractivity contribution in [1.82, 2.24) is 14.0 Å². The molecule has 0 bridgehead atoms. The number of aromatic nitrogens is 2. The molecule has 0 saturated heterocycles. The third-order valence-electron chi connectivity index (χ3n) is 3.68. The minimum absolute atomic E-state index is 0.0453. The lowest BCUT2D eigenvalue weighted by Gasteiger charge is -2.12. The molecule has 3 rings (SSSR count). The fourth-order valence-corrected chi connectivity index (χ4v) is 3.22. The molecule has 0 N–H and O–H groups in total. The lowest BCUT2D eigenvalue weighted by atomic mass is 10.2. The van der Waals surface area contributed by atoms with E-state index in [1.165, 1.54) is 37.0 Å². The maximum Gasteiger partial charge on any atom is 0.250 e. The van der Waals surface area contributed by atoms with Gasteiger partial charge in [-0.25, -0.2) is 12.7 Å². The van der Waals surface area contributed by atoms with Gasteiger partial charge in [0.25, 0.3) is 5.56 Å². The predicted octanol–water partition coefficient (Wildman–Crippen LogP) is 1.80. The summed E-state index contributed by atoms with van der Waals surface area (Å²) in [7, 11) is -0.738. The van der Waals surface area contributed by atoms with Gasteiger partial charge in [0, 0.05) is 38.0 Å². The molecule has 0 aliphatic rings. The van der Waals surface area contributed by atoms with E-state index in [0.29, 0.717) is 11.5 Å². The summed E-state index contributed by atoms with van der Waals surface area (Å²) in [6.07, 6.45) is 1.31. The van der Waals surface area contributed by atoms with Crippen LogP contribution in [0.5, 0.6) is 0 Å². The molecule has 0 fully saturated rings. The largest absolute Gasteiger partial charge is 0.356 e. The number of pyridine rings is 1. The Morgan fingerprint density at radius 3 is 2.52 bits per heavy atom. The van der Waals surface area contributed by atoms with Crippen molar-refractivity contribution in [2.45, 2.75) is 11.4 Å². The Morgan fingerprint density at radius 1 is 1.12 bits per heavy atom. The highest BCUT2D eigenvalue weighted by Gasteiger charge is 2.18. The Hall–Kier alpha value is -2.71. The molecule has 7 nitrogen and oxygen atoms in total. The van der Waals surface area contributed by atoms with E-state index in [1.807, 2.05) is 30.3 Å². The first kappa shape index (κ1) is 17.1. The van der Waals surface area contributed by atoms with Crippen LogP contribution in [0.25, 0.3) is 11.3 Å². The summed E-state index contributed by atoms with van der Waals surface area (Å²) in [5.41, 5.74) is 1.08. The molecule has 0 amide bonds. The lowest BCUT2D eigenvalue weighted by Crippen LogP contribution is -2.26. The van der Waals surface area contributed by atoms with Crippen LogP contribution in [0.3, 0.4) is 0 Å². The van der Waals surface area contributed by atoms with E-state index in [1.54, 1.807) is 6.07 Å². The topological polar surface area (TPSA) is 85.4 Å². The number of hydrogen-bond donors (Lipinski definition) is 0. The van der Waals surface area contributed by atoms with Gasteiger partial charge in [0.1, 0.15) is 5.69 Å². The fourth-order valence-electron chi connectivity index (χ4n) is 2.30. The first-order chi connectivity index (χ1) is 11.9. The maximum absolute atomic E-state index is 12.2. The molecule has 130 valence electrons. The van der Waals surface area contributed by atoms with Crippen LogP contribution in [0.15, 0.2) is 68.9 Å². The van der Waals surface area contributed by atoms with Crippen molar-refractivity contribution >= 4 is 10.0 Å². The second-order valence-corrected chi connectivity index (χ2v) is 7.82. The molecule has 3 aromatic rings. The molecule has 0 aliphatic heterocycles. The number of rotatable bonds is 5. The first-order valence-corrected chi connectivity index (χ1v) is 8.96. The number of hydrogen-bond acceptors (Lipinski definition) is 5. The van der Waals surface area contributed by atoms with Crippen LogP contribution in [0.2, 0.25) is 0 Å². The number of sulfonamides is 1. The fraction of sp³-hybridized carbons (Fsp3) is 0.176. The zero-order valence-electron chi connectivity index (χ0n) is 13.8. The molecule has 0 saturated carbocycles. The van der Waals surface area contributed by atoms with E-state index in [4.69, 9.17) is 4.52 Å². The summed E-state index contributed by atoms with van der Waals surface area (Å²) in [4.78, 5) is 12.1. The van der Waals surface area contributed by atoms with Gasteiger partial charge in [0.2, 0.25) is 10.0 Å². The Balaban J connectivity index is 1.91. The van der Waals surface area contributed by atoms with Crippen LogP contribution in [0.4, 0.5) is 0 Å². The molecule has 2 heterocycles. The van der Waals surface area contributed by atoms with Gasteiger partial charge in [-0.2, -0.15) is 0 Å². The minimum atomic E-state index is -3.62. The summed E-state index contributed by atoms with van der Waals surface area (Å²) in [6.45, 7) is 0.117. The number of nitrogens with zero attached hydrogens (tertiary/aromatic N) is 3. The normalized spacial score (nSPS) is 11.8. The maximum atomic E-state index is 12.2. The standard InChI is InChI=1S/C17H17N3O4S/c1-19(2)25(22,23)15-8-9-17(21)20(12-15)11-14-10-16(24-18-14)13-6-4-3-5-7-13/h3-10,12H,11H2,1-2H3. The zero-order valence-corrected chi connectivity index (χ0v) is 14.6. The lowest BCUT2D eigenvalue weighted by molar-refractivity contribution is 0.420. The van der Waals surface area contributed by atoms with Gasteiger partial charge in [-0.05, 0) is 6.07 Å². The van der Waals surface area contributed by atoms with Crippen molar-refractivity contribution in [3.8, 4) is 11.3 Å². The highest BCUT2D eigenvalue weighted by Crippen LogP contribution is 2.20. The molecule has 0 unspecified atom stereocenters. The summed E-state index contributed by atoms with van der Waals surface area (Å²) in [6, 6.07) is 13.7. The van der Waals surface area contributed by atoms with Crippen LogP contribution in [-0.4, -0.2) is 36.5 Å².